The van der Waals surface area contributed by atoms with Crippen LogP contribution in [0.5, 0.6) is 0 Å². The van der Waals surface area contributed by atoms with Crippen LogP contribution >= 0.6 is 0 Å². The molecule has 1 fully saturated rings. The number of para-hydroxylation sites is 2. The van der Waals surface area contributed by atoms with Crippen molar-refractivity contribution in [2.75, 3.05) is 38.2 Å². The van der Waals surface area contributed by atoms with E-state index in [1.165, 1.54) is 13.2 Å². The summed E-state index contributed by atoms with van der Waals surface area (Å²) in [5.74, 6) is -0.214. The second-order valence-corrected chi connectivity index (χ2v) is 5.40. The molecular weight excluding hydrogens is 286 g/mol. The summed E-state index contributed by atoms with van der Waals surface area (Å²) in [5.41, 5.74) is 0.798. The number of ether oxygens (including phenoxy) is 1. The molecule has 1 heterocycles. The number of anilines is 1. The Morgan fingerprint density at radius 1 is 1.32 bits per heavy atom. The summed E-state index contributed by atoms with van der Waals surface area (Å²) in [4.78, 5) is 26.3. The van der Waals surface area contributed by atoms with Crippen molar-refractivity contribution in [2.24, 2.45) is 0 Å². The van der Waals surface area contributed by atoms with Gasteiger partial charge in [-0.1, -0.05) is 12.1 Å². The number of benzene rings is 1. The highest BCUT2D eigenvalue weighted by atomic mass is 16.6. The summed E-state index contributed by atoms with van der Waals surface area (Å²) in [6.07, 6.45) is 0.363. The standard InChI is InChI=1S/C15H21N3O4/c1-12(11-15(19)22-2)16-7-9-17(10-8-16)13-5-3-4-6-14(13)18(20)21/h3-6,12H,7-11H2,1-2H3/t12-/m0/s1. The normalized spacial score (nSPS) is 17.1. The minimum Gasteiger partial charge on any atom is -0.469 e. The number of rotatable bonds is 5. The third kappa shape index (κ3) is 3.73. The monoisotopic (exact) mass is 307 g/mol. The number of nitro groups is 1. The first-order chi connectivity index (χ1) is 10.5. The fraction of sp³-hybridized carbons (Fsp3) is 0.533. The number of hydrogen-bond acceptors (Lipinski definition) is 6. The van der Waals surface area contributed by atoms with Crippen LogP contribution in [0.4, 0.5) is 11.4 Å². The Bertz CT molecular complexity index is 541. The zero-order chi connectivity index (χ0) is 16.1. The van der Waals surface area contributed by atoms with Gasteiger partial charge in [-0.05, 0) is 13.0 Å². The number of piperazine rings is 1. The molecule has 0 aromatic heterocycles. The number of esters is 1. The molecule has 0 radical (unpaired) electrons. The summed E-state index contributed by atoms with van der Waals surface area (Å²) in [7, 11) is 1.39. The van der Waals surface area contributed by atoms with Gasteiger partial charge in [0.1, 0.15) is 5.69 Å². The number of hydrogen-bond donors (Lipinski definition) is 0. The van der Waals surface area contributed by atoms with Crippen LogP contribution < -0.4 is 4.90 Å². The van der Waals surface area contributed by atoms with Gasteiger partial charge in [-0.15, -0.1) is 0 Å². The van der Waals surface area contributed by atoms with Gasteiger partial charge in [0.15, 0.2) is 0 Å². The highest BCUT2D eigenvalue weighted by molar-refractivity contribution is 5.69. The van der Waals surface area contributed by atoms with E-state index in [0.29, 0.717) is 25.2 Å². The molecule has 1 atom stereocenters. The quantitative estimate of drug-likeness (QED) is 0.468. The fourth-order valence-corrected chi connectivity index (χ4v) is 2.74. The van der Waals surface area contributed by atoms with Gasteiger partial charge in [-0.2, -0.15) is 0 Å². The average molecular weight is 307 g/mol. The van der Waals surface area contributed by atoms with Gasteiger partial charge < -0.3 is 9.64 Å². The Hall–Kier alpha value is -2.15. The van der Waals surface area contributed by atoms with Crippen LogP contribution in [-0.2, 0) is 9.53 Å². The minimum absolute atomic E-state index is 0.111. The van der Waals surface area contributed by atoms with Crippen molar-refractivity contribution in [1.29, 1.82) is 0 Å². The van der Waals surface area contributed by atoms with Crippen LogP contribution in [0.3, 0.4) is 0 Å². The summed E-state index contributed by atoms with van der Waals surface area (Å²) in [6.45, 7) is 4.94. The van der Waals surface area contributed by atoms with E-state index in [1.807, 2.05) is 17.9 Å². The summed E-state index contributed by atoms with van der Waals surface area (Å²) < 4.78 is 4.69. The lowest BCUT2D eigenvalue weighted by atomic mass is 10.1. The van der Waals surface area contributed by atoms with Gasteiger partial charge >= 0.3 is 5.97 Å². The lowest BCUT2D eigenvalue weighted by Gasteiger charge is -2.38. The maximum Gasteiger partial charge on any atom is 0.307 e. The van der Waals surface area contributed by atoms with Crippen molar-refractivity contribution >= 4 is 17.3 Å². The maximum atomic E-state index is 11.3. The van der Waals surface area contributed by atoms with Gasteiger partial charge in [0.2, 0.25) is 0 Å². The number of carbonyl (C=O) groups excluding carboxylic acids is 1. The number of nitrogens with zero attached hydrogens (tertiary/aromatic N) is 3. The molecule has 7 nitrogen and oxygen atoms in total. The third-order valence-electron chi connectivity index (χ3n) is 4.05. The average Bonchev–Trinajstić information content (AvgIpc) is 2.54. The Kier molecular flexibility index (Phi) is 5.32. The maximum absolute atomic E-state index is 11.3. The van der Waals surface area contributed by atoms with Crippen molar-refractivity contribution in [2.45, 2.75) is 19.4 Å². The van der Waals surface area contributed by atoms with E-state index in [4.69, 9.17) is 4.74 Å². The molecule has 0 aliphatic carbocycles. The van der Waals surface area contributed by atoms with E-state index in [1.54, 1.807) is 12.1 Å². The predicted octanol–water partition coefficient (Wildman–Crippen LogP) is 1.67. The fourth-order valence-electron chi connectivity index (χ4n) is 2.74. The number of nitro benzene ring substituents is 1. The van der Waals surface area contributed by atoms with E-state index < -0.39 is 0 Å². The van der Waals surface area contributed by atoms with Crippen molar-refractivity contribution in [3.63, 3.8) is 0 Å². The molecule has 0 bridgehead atoms. The second-order valence-electron chi connectivity index (χ2n) is 5.40. The zero-order valence-electron chi connectivity index (χ0n) is 12.9. The van der Waals surface area contributed by atoms with Crippen molar-refractivity contribution in [1.82, 2.24) is 4.90 Å². The topological polar surface area (TPSA) is 75.9 Å². The van der Waals surface area contributed by atoms with Gasteiger partial charge in [0, 0.05) is 38.3 Å². The van der Waals surface area contributed by atoms with Crippen molar-refractivity contribution in [3.05, 3.63) is 34.4 Å². The first-order valence-electron chi connectivity index (χ1n) is 7.32. The molecule has 0 N–H and O–H groups in total. The third-order valence-corrected chi connectivity index (χ3v) is 4.05. The second kappa shape index (κ2) is 7.22. The largest absolute Gasteiger partial charge is 0.469 e. The molecule has 1 aromatic rings. The highest BCUT2D eigenvalue weighted by Gasteiger charge is 2.26. The summed E-state index contributed by atoms with van der Waals surface area (Å²) >= 11 is 0. The molecule has 2 rings (SSSR count). The molecule has 0 amide bonds. The number of methoxy groups -OCH3 is 1. The summed E-state index contributed by atoms with van der Waals surface area (Å²) in [5, 5.41) is 11.1. The van der Waals surface area contributed by atoms with E-state index in [9.17, 15) is 14.9 Å². The zero-order valence-corrected chi connectivity index (χ0v) is 12.9. The minimum atomic E-state index is -0.346. The van der Waals surface area contributed by atoms with E-state index in [-0.39, 0.29) is 22.6 Å². The lowest BCUT2D eigenvalue weighted by Crippen LogP contribution is -2.50. The molecular formula is C15H21N3O4. The van der Waals surface area contributed by atoms with Gasteiger partial charge in [0.05, 0.1) is 18.5 Å². The smallest absolute Gasteiger partial charge is 0.307 e. The van der Waals surface area contributed by atoms with Crippen LogP contribution in [0, 0.1) is 10.1 Å². The molecule has 1 aromatic carbocycles. The van der Waals surface area contributed by atoms with E-state index >= 15 is 0 Å². The first kappa shape index (κ1) is 16.2. The highest BCUT2D eigenvalue weighted by Crippen LogP contribution is 2.28. The molecule has 7 heteroatoms. The molecule has 1 aliphatic heterocycles. The molecule has 0 unspecified atom stereocenters. The molecule has 1 aliphatic rings. The molecule has 0 saturated carbocycles. The van der Waals surface area contributed by atoms with Gasteiger partial charge in [0.25, 0.3) is 5.69 Å². The van der Waals surface area contributed by atoms with Gasteiger partial charge in [-0.25, -0.2) is 0 Å². The Labute approximate surface area is 129 Å². The van der Waals surface area contributed by atoms with Crippen LogP contribution in [0.2, 0.25) is 0 Å². The Balaban J connectivity index is 1.98. The van der Waals surface area contributed by atoms with E-state index in [2.05, 4.69) is 4.90 Å². The summed E-state index contributed by atoms with van der Waals surface area (Å²) in [6, 6.07) is 6.92. The SMILES string of the molecule is COC(=O)C[C@H](C)N1CCN(c2ccccc2[N+](=O)[O-])CC1. The van der Waals surface area contributed by atoms with Crippen LogP contribution in [0.1, 0.15) is 13.3 Å². The Morgan fingerprint density at radius 2 is 1.95 bits per heavy atom. The molecule has 1 saturated heterocycles. The van der Waals surface area contributed by atoms with E-state index in [0.717, 1.165) is 13.1 Å². The Morgan fingerprint density at radius 3 is 2.55 bits per heavy atom. The molecule has 120 valence electrons. The number of carbonyl (C=O) groups is 1. The van der Waals surface area contributed by atoms with Crippen LogP contribution in [-0.4, -0.2) is 55.1 Å². The lowest BCUT2D eigenvalue weighted by molar-refractivity contribution is -0.384. The van der Waals surface area contributed by atoms with Gasteiger partial charge in [-0.3, -0.25) is 19.8 Å². The first-order valence-corrected chi connectivity index (χ1v) is 7.32. The van der Waals surface area contributed by atoms with Crippen molar-refractivity contribution < 1.29 is 14.5 Å². The van der Waals surface area contributed by atoms with Crippen LogP contribution in [0.15, 0.2) is 24.3 Å². The predicted molar refractivity (Wildman–Crippen MR) is 83.0 cm³/mol. The molecule has 0 spiro atoms. The van der Waals surface area contributed by atoms with Crippen LogP contribution in [0.25, 0.3) is 0 Å². The van der Waals surface area contributed by atoms with Crippen molar-refractivity contribution in [3.8, 4) is 0 Å². The molecule has 22 heavy (non-hydrogen) atoms.